The van der Waals surface area contributed by atoms with Crippen molar-refractivity contribution in [3.05, 3.63) is 71.6 Å². The second-order valence-electron chi connectivity index (χ2n) is 6.63. The van der Waals surface area contributed by atoms with E-state index in [9.17, 15) is 4.79 Å². The standard InChI is InChI=1S/C20H21N5O2/c1-27-17-8-3-2-6-14(17)10-18-22-20(24-23-18)15-11-19(26)25(12-15)13-16-7-4-5-9-21-16/h2-9,15H,10-13H2,1H3,(H,22,23,24). The Hall–Kier alpha value is -3.22. The molecule has 1 fully saturated rings. The van der Waals surface area contributed by atoms with Crippen LogP contribution in [-0.2, 0) is 17.8 Å². The third-order valence-corrected chi connectivity index (χ3v) is 4.76. The Kier molecular flexibility index (Phi) is 4.82. The first-order valence-corrected chi connectivity index (χ1v) is 8.93. The number of nitrogens with one attached hydrogen (secondary N) is 1. The molecule has 7 nitrogen and oxygen atoms in total. The van der Waals surface area contributed by atoms with Crippen LogP contribution in [0.15, 0.2) is 48.7 Å². The number of carbonyl (C=O) groups is 1. The van der Waals surface area contributed by atoms with Gasteiger partial charge in [0, 0.05) is 37.1 Å². The van der Waals surface area contributed by atoms with Crippen molar-refractivity contribution in [3.63, 3.8) is 0 Å². The topological polar surface area (TPSA) is 84.0 Å². The van der Waals surface area contributed by atoms with Crippen LogP contribution in [-0.4, -0.2) is 44.6 Å². The summed E-state index contributed by atoms with van der Waals surface area (Å²) in [6, 6.07) is 13.6. The van der Waals surface area contributed by atoms with E-state index in [2.05, 4.69) is 20.2 Å². The fraction of sp³-hybridized carbons (Fsp3) is 0.300. The van der Waals surface area contributed by atoms with Crippen molar-refractivity contribution in [2.24, 2.45) is 0 Å². The molecule has 0 aliphatic carbocycles. The quantitative estimate of drug-likeness (QED) is 0.727. The normalized spacial score (nSPS) is 16.7. The molecule has 1 amide bonds. The summed E-state index contributed by atoms with van der Waals surface area (Å²) in [5.41, 5.74) is 1.93. The summed E-state index contributed by atoms with van der Waals surface area (Å²) in [6.45, 7) is 1.13. The Morgan fingerprint density at radius 2 is 2.07 bits per heavy atom. The lowest BCUT2D eigenvalue weighted by molar-refractivity contribution is -0.128. The number of likely N-dealkylation sites (tertiary alicyclic amines) is 1. The number of aromatic amines is 1. The van der Waals surface area contributed by atoms with E-state index in [1.165, 1.54) is 0 Å². The number of hydrogen-bond acceptors (Lipinski definition) is 5. The van der Waals surface area contributed by atoms with Gasteiger partial charge in [-0.25, -0.2) is 4.98 Å². The summed E-state index contributed by atoms with van der Waals surface area (Å²) >= 11 is 0. The predicted molar refractivity (Wildman–Crippen MR) is 99.2 cm³/mol. The zero-order chi connectivity index (χ0) is 18.6. The van der Waals surface area contributed by atoms with Crippen molar-refractivity contribution in [2.75, 3.05) is 13.7 Å². The van der Waals surface area contributed by atoms with Crippen LogP contribution in [0.4, 0.5) is 0 Å². The molecular formula is C20H21N5O2. The van der Waals surface area contributed by atoms with Crippen molar-refractivity contribution < 1.29 is 9.53 Å². The highest BCUT2D eigenvalue weighted by Gasteiger charge is 2.33. The first-order valence-electron chi connectivity index (χ1n) is 8.93. The lowest BCUT2D eigenvalue weighted by Crippen LogP contribution is -2.24. The molecular weight excluding hydrogens is 342 g/mol. The van der Waals surface area contributed by atoms with Gasteiger partial charge in [-0.1, -0.05) is 24.3 Å². The SMILES string of the molecule is COc1ccccc1Cc1nc(C2CC(=O)N(Cc3ccccn3)C2)n[nH]1. The molecule has 1 aliphatic heterocycles. The van der Waals surface area contributed by atoms with Crippen LogP contribution in [0.2, 0.25) is 0 Å². The number of aromatic nitrogens is 4. The highest BCUT2D eigenvalue weighted by atomic mass is 16.5. The smallest absolute Gasteiger partial charge is 0.223 e. The summed E-state index contributed by atoms with van der Waals surface area (Å²) in [5.74, 6) is 2.40. The average Bonchev–Trinajstić information content (AvgIpc) is 3.30. The van der Waals surface area contributed by atoms with Gasteiger partial charge in [-0.3, -0.25) is 14.9 Å². The molecule has 7 heteroatoms. The molecule has 0 spiro atoms. The number of carbonyl (C=O) groups excluding carboxylic acids is 1. The van der Waals surface area contributed by atoms with E-state index in [0.717, 1.165) is 22.8 Å². The van der Waals surface area contributed by atoms with Gasteiger partial charge >= 0.3 is 0 Å². The molecule has 27 heavy (non-hydrogen) atoms. The van der Waals surface area contributed by atoms with Gasteiger partial charge < -0.3 is 9.64 Å². The van der Waals surface area contributed by atoms with Gasteiger partial charge in [-0.2, -0.15) is 5.10 Å². The minimum atomic E-state index is 0.00359. The summed E-state index contributed by atoms with van der Waals surface area (Å²) in [7, 11) is 1.66. The monoisotopic (exact) mass is 363 g/mol. The molecule has 3 heterocycles. The summed E-state index contributed by atoms with van der Waals surface area (Å²) < 4.78 is 5.39. The molecule has 2 aromatic heterocycles. The molecule has 1 saturated heterocycles. The van der Waals surface area contributed by atoms with Gasteiger partial charge in [0.15, 0.2) is 5.82 Å². The summed E-state index contributed by atoms with van der Waals surface area (Å²) in [5, 5.41) is 7.36. The number of methoxy groups -OCH3 is 1. The third kappa shape index (κ3) is 3.81. The van der Waals surface area contributed by atoms with Crippen molar-refractivity contribution in [1.29, 1.82) is 0 Å². The molecule has 3 aromatic rings. The Balaban J connectivity index is 1.43. The number of rotatable bonds is 6. The van der Waals surface area contributed by atoms with Crippen LogP contribution in [0.1, 0.15) is 35.2 Å². The van der Waals surface area contributed by atoms with Crippen molar-refractivity contribution in [1.82, 2.24) is 25.1 Å². The predicted octanol–water partition coefficient (Wildman–Crippen LogP) is 2.32. The highest BCUT2D eigenvalue weighted by Crippen LogP contribution is 2.27. The van der Waals surface area contributed by atoms with Crippen molar-refractivity contribution in [2.45, 2.75) is 25.3 Å². The Labute approximate surface area is 157 Å². The van der Waals surface area contributed by atoms with Crippen LogP contribution in [0.3, 0.4) is 0 Å². The number of para-hydroxylation sites is 1. The zero-order valence-corrected chi connectivity index (χ0v) is 15.1. The molecule has 138 valence electrons. The zero-order valence-electron chi connectivity index (χ0n) is 15.1. The van der Waals surface area contributed by atoms with E-state index in [-0.39, 0.29) is 11.8 Å². The number of benzene rings is 1. The molecule has 0 bridgehead atoms. The number of ether oxygens (including phenoxy) is 1. The largest absolute Gasteiger partial charge is 0.496 e. The molecule has 4 rings (SSSR count). The molecule has 0 radical (unpaired) electrons. The maximum Gasteiger partial charge on any atom is 0.223 e. The van der Waals surface area contributed by atoms with Gasteiger partial charge in [-0.05, 0) is 18.2 Å². The van der Waals surface area contributed by atoms with Crippen molar-refractivity contribution in [3.8, 4) is 5.75 Å². The second kappa shape index (κ2) is 7.57. The van der Waals surface area contributed by atoms with Gasteiger partial charge in [-0.15, -0.1) is 0 Å². The van der Waals surface area contributed by atoms with E-state index < -0.39 is 0 Å². The maximum atomic E-state index is 12.4. The number of hydrogen-bond donors (Lipinski definition) is 1. The number of H-pyrrole nitrogens is 1. The van der Waals surface area contributed by atoms with Gasteiger partial charge in [0.05, 0.1) is 19.3 Å². The fourth-order valence-corrected chi connectivity index (χ4v) is 3.39. The molecule has 1 aliphatic rings. The summed E-state index contributed by atoms with van der Waals surface area (Å²) in [4.78, 5) is 23.1. The molecule has 1 aromatic carbocycles. The van der Waals surface area contributed by atoms with Crippen LogP contribution < -0.4 is 4.74 Å². The molecule has 1 unspecified atom stereocenters. The lowest BCUT2D eigenvalue weighted by Gasteiger charge is -2.15. The fourth-order valence-electron chi connectivity index (χ4n) is 3.39. The Bertz CT molecular complexity index is 925. The third-order valence-electron chi connectivity index (χ3n) is 4.76. The first-order chi connectivity index (χ1) is 13.2. The number of amides is 1. The maximum absolute atomic E-state index is 12.4. The Morgan fingerprint density at radius 1 is 1.22 bits per heavy atom. The average molecular weight is 363 g/mol. The minimum Gasteiger partial charge on any atom is -0.496 e. The van der Waals surface area contributed by atoms with Crippen molar-refractivity contribution >= 4 is 5.91 Å². The summed E-state index contributed by atoms with van der Waals surface area (Å²) in [6.07, 6.45) is 2.78. The van der Waals surface area contributed by atoms with Gasteiger partial charge in [0.1, 0.15) is 11.6 Å². The number of nitrogens with zero attached hydrogens (tertiary/aromatic N) is 4. The van der Waals surface area contributed by atoms with Crippen LogP contribution in [0.5, 0.6) is 5.75 Å². The van der Waals surface area contributed by atoms with E-state index in [4.69, 9.17) is 4.74 Å². The first kappa shape index (κ1) is 17.2. The Morgan fingerprint density at radius 3 is 2.89 bits per heavy atom. The molecule has 1 N–H and O–H groups in total. The van der Waals surface area contributed by atoms with E-state index in [1.54, 1.807) is 13.3 Å². The van der Waals surface area contributed by atoms with E-state index in [0.29, 0.717) is 31.8 Å². The highest BCUT2D eigenvalue weighted by molar-refractivity contribution is 5.79. The van der Waals surface area contributed by atoms with Gasteiger partial charge in [0.25, 0.3) is 0 Å². The lowest BCUT2D eigenvalue weighted by atomic mass is 10.1. The van der Waals surface area contributed by atoms with Crippen LogP contribution >= 0.6 is 0 Å². The van der Waals surface area contributed by atoms with E-state index in [1.807, 2.05) is 47.4 Å². The number of pyridine rings is 1. The van der Waals surface area contributed by atoms with E-state index >= 15 is 0 Å². The van der Waals surface area contributed by atoms with Gasteiger partial charge in [0.2, 0.25) is 5.91 Å². The minimum absolute atomic E-state index is 0.00359. The molecule has 0 saturated carbocycles. The van der Waals surface area contributed by atoms with Crippen LogP contribution in [0.25, 0.3) is 0 Å². The van der Waals surface area contributed by atoms with Crippen LogP contribution in [0, 0.1) is 0 Å². The second-order valence-corrected chi connectivity index (χ2v) is 6.63. The molecule has 1 atom stereocenters.